The summed E-state index contributed by atoms with van der Waals surface area (Å²) in [5.41, 5.74) is 2.58. The summed E-state index contributed by atoms with van der Waals surface area (Å²) in [5, 5.41) is 10.1. The third-order valence-electron chi connectivity index (χ3n) is 1.39. The molecule has 0 aliphatic carbocycles. The third kappa shape index (κ3) is 1.42. The molecule has 0 spiro atoms. The first-order chi connectivity index (χ1) is 5.95. The average Bonchev–Trinajstić information content (AvgIpc) is 1.99. The van der Waals surface area contributed by atoms with Crippen molar-refractivity contribution in [2.24, 2.45) is 0 Å². The number of nitrogens with two attached hydrogens (primary N) is 1. The van der Waals surface area contributed by atoms with Crippen molar-refractivity contribution < 1.29 is 23.1 Å². The van der Waals surface area contributed by atoms with Gasteiger partial charge in [0.2, 0.25) is 0 Å². The van der Waals surface area contributed by atoms with Crippen LogP contribution in [-0.4, -0.2) is 5.97 Å². The Morgan fingerprint density at radius 2 is 1.85 bits per heavy atom. The van der Waals surface area contributed by atoms with Crippen molar-refractivity contribution in [3.8, 4) is 0 Å². The molecule has 0 heterocycles. The van der Waals surface area contributed by atoms with E-state index in [4.69, 9.17) is 5.73 Å². The number of carbonyl (C=O) groups excluding carboxylic acids is 1. The molecular formula is C7H3F3NO2-. The quantitative estimate of drug-likeness (QED) is 0.502. The Hall–Kier alpha value is -1.72. The van der Waals surface area contributed by atoms with Crippen LogP contribution < -0.4 is 10.8 Å². The lowest BCUT2D eigenvalue weighted by Crippen LogP contribution is -2.25. The first-order valence-electron chi connectivity index (χ1n) is 3.09. The van der Waals surface area contributed by atoms with Crippen molar-refractivity contribution in [3.63, 3.8) is 0 Å². The zero-order valence-electron chi connectivity index (χ0n) is 6.11. The predicted molar refractivity (Wildman–Crippen MR) is 35.1 cm³/mol. The van der Waals surface area contributed by atoms with Crippen LogP contribution in [0.1, 0.15) is 10.4 Å². The van der Waals surface area contributed by atoms with Crippen molar-refractivity contribution in [2.75, 3.05) is 5.73 Å². The van der Waals surface area contributed by atoms with Crippen LogP contribution >= 0.6 is 0 Å². The fourth-order valence-electron chi connectivity index (χ4n) is 0.800. The molecule has 2 N–H and O–H groups in total. The number of hydrogen-bond donors (Lipinski definition) is 1. The molecule has 0 bridgehead atoms. The normalized spacial score (nSPS) is 10.1. The van der Waals surface area contributed by atoms with Crippen LogP contribution in [0.25, 0.3) is 0 Å². The topological polar surface area (TPSA) is 66.2 Å². The Bertz CT molecular complexity index is 378. The van der Waals surface area contributed by atoms with Gasteiger partial charge in [0.25, 0.3) is 0 Å². The van der Waals surface area contributed by atoms with E-state index in [1.165, 1.54) is 0 Å². The van der Waals surface area contributed by atoms with Gasteiger partial charge in [-0.05, 0) is 0 Å². The minimum Gasteiger partial charge on any atom is -0.545 e. The van der Waals surface area contributed by atoms with Crippen molar-refractivity contribution in [2.45, 2.75) is 0 Å². The molecule has 13 heavy (non-hydrogen) atoms. The maximum atomic E-state index is 12.7. The summed E-state index contributed by atoms with van der Waals surface area (Å²) in [6.45, 7) is 0. The SMILES string of the molecule is Nc1cc(F)c(C(=O)[O-])c(F)c1F. The van der Waals surface area contributed by atoms with Gasteiger partial charge in [-0.15, -0.1) is 0 Å². The van der Waals surface area contributed by atoms with Crippen molar-refractivity contribution in [1.82, 2.24) is 0 Å². The number of carboxylic acid groups (broad SMARTS) is 1. The van der Waals surface area contributed by atoms with Gasteiger partial charge in [-0.2, -0.15) is 0 Å². The van der Waals surface area contributed by atoms with E-state index >= 15 is 0 Å². The first kappa shape index (κ1) is 9.37. The maximum absolute atomic E-state index is 12.7. The van der Waals surface area contributed by atoms with E-state index in [1.807, 2.05) is 0 Å². The number of hydrogen-bond acceptors (Lipinski definition) is 3. The van der Waals surface area contributed by atoms with Gasteiger partial charge in [0.15, 0.2) is 11.6 Å². The van der Waals surface area contributed by atoms with Crippen molar-refractivity contribution in [3.05, 3.63) is 29.1 Å². The summed E-state index contributed by atoms with van der Waals surface area (Å²) < 4.78 is 37.9. The van der Waals surface area contributed by atoms with Gasteiger partial charge in [0.05, 0.1) is 17.2 Å². The van der Waals surface area contributed by atoms with Gasteiger partial charge in [-0.1, -0.05) is 0 Å². The molecule has 1 aromatic carbocycles. The highest BCUT2D eigenvalue weighted by Gasteiger charge is 2.17. The van der Waals surface area contributed by atoms with E-state index in [0.29, 0.717) is 6.07 Å². The molecule has 1 rings (SSSR count). The standard InChI is InChI=1S/C7H4F3NO2/c8-2-1-3(11)5(9)6(10)4(2)7(12)13/h1H,11H2,(H,12,13)/p-1. The van der Waals surface area contributed by atoms with Crippen LogP contribution in [0.5, 0.6) is 0 Å². The average molecular weight is 190 g/mol. The molecule has 0 unspecified atom stereocenters. The van der Waals surface area contributed by atoms with E-state index in [0.717, 1.165) is 0 Å². The van der Waals surface area contributed by atoms with Gasteiger partial charge in [-0.25, -0.2) is 13.2 Å². The fraction of sp³-hybridized carbons (Fsp3) is 0. The van der Waals surface area contributed by atoms with Crippen molar-refractivity contribution >= 4 is 11.7 Å². The molecule has 0 saturated carbocycles. The number of carbonyl (C=O) groups is 1. The van der Waals surface area contributed by atoms with Gasteiger partial charge in [-0.3, -0.25) is 0 Å². The van der Waals surface area contributed by atoms with Crippen LogP contribution in [0.4, 0.5) is 18.9 Å². The van der Waals surface area contributed by atoms with E-state index < -0.39 is 34.7 Å². The fourth-order valence-corrected chi connectivity index (χ4v) is 0.800. The van der Waals surface area contributed by atoms with Crippen LogP contribution in [0.3, 0.4) is 0 Å². The summed E-state index contributed by atoms with van der Waals surface area (Å²) in [6, 6.07) is 0.379. The van der Waals surface area contributed by atoms with E-state index in [9.17, 15) is 23.1 Å². The molecule has 0 aliphatic rings. The van der Waals surface area contributed by atoms with Gasteiger partial charge in [0, 0.05) is 6.07 Å². The van der Waals surface area contributed by atoms with Crippen LogP contribution in [0, 0.1) is 17.5 Å². The molecule has 1 aromatic rings. The minimum atomic E-state index is -2.13. The lowest BCUT2D eigenvalue weighted by Gasteiger charge is -2.07. The second-order valence-corrected chi connectivity index (χ2v) is 2.24. The Labute approximate surface area is 70.6 Å². The highest BCUT2D eigenvalue weighted by Crippen LogP contribution is 2.20. The molecule has 3 nitrogen and oxygen atoms in total. The maximum Gasteiger partial charge on any atom is 0.182 e. The number of anilines is 1. The summed E-state index contributed by atoms with van der Waals surface area (Å²) >= 11 is 0. The van der Waals surface area contributed by atoms with Crippen LogP contribution in [-0.2, 0) is 0 Å². The molecule has 0 aliphatic heterocycles. The number of aromatic carboxylic acids is 1. The van der Waals surface area contributed by atoms with Crippen LogP contribution in [0.15, 0.2) is 6.07 Å². The molecule has 0 saturated heterocycles. The number of rotatable bonds is 1. The first-order valence-corrected chi connectivity index (χ1v) is 3.09. The number of nitrogen functional groups attached to an aromatic ring is 1. The highest BCUT2D eigenvalue weighted by atomic mass is 19.2. The molecule has 0 fully saturated rings. The lowest BCUT2D eigenvalue weighted by molar-refractivity contribution is -0.255. The number of carboxylic acids is 1. The molecule has 70 valence electrons. The second kappa shape index (κ2) is 2.96. The second-order valence-electron chi connectivity index (χ2n) is 2.24. The zero-order chi connectivity index (χ0) is 10.2. The summed E-state index contributed by atoms with van der Waals surface area (Å²) in [4.78, 5) is 10.1. The third-order valence-corrected chi connectivity index (χ3v) is 1.39. The number of halogens is 3. The largest absolute Gasteiger partial charge is 0.545 e. The molecular weight excluding hydrogens is 187 g/mol. The molecule has 0 aromatic heterocycles. The molecule has 0 atom stereocenters. The molecule has 0 radical (unpaired) electrons. The molecule has 0 amide bonds. The highest BCUT2D eigenvalue weighted by molar-refractivity contribution is 5.87. The van der Waals surface area contributed by atoms with E-state index in [2.05, 4.69) is 0 Å². The Morgan fingerprint density at radius 3 is 2.31 bits per heavy atom. The van der Waals surface area contributed by atoms with E-state index in [-0.39, 0.29) is 0 Å². The summed E-state index contributed by atoms with van der Waals surface area (Å²) in [6.07, 6.45) is 0. The predicted octanol–water partition coefficient (Wildman–Crippen LogP) is 0.0496. The summed E-state index contributed by atoms with van der Waals surface area (Å²) in [5.74, 6) is -7.04. The minimum absolute atomic E-state index is 0.379. The van der Waals surface area contributed by atoms with Gasteiger partial charge < -0.3 is 15.6 Å². The van der Waals surface area contributed by atoms with E-state index in [1.54, 1.807) is 0 Å². The van der Waals surface area contributed by atoms with Gasteiger partial charge in [0.1, 0.15) is 5.82 Å². The van der Waals surface area contributed by atoms with Crippen molar-refractivity contribution in [1.29, 1.82) is 0 Å². The molecule has 6 heteroatoms. The monoisotopic (exact) mass is 190 g/mol. The Morgan fingerprint density at radius 1 is 1.31 bits per heavy atom. The van der Waals surface area contributed by atoms with Crippen LogP contribution in [0.2, 0.25) is 0 Å². The smallest absolute Gasteiger partial charge is 0.182 e. The Kier molecular flexibility index (Phi) is 2.14. The lowest BCUT2D eigenvalue weighted by atomic mass is 10.1. The summed E-state index contributed by atoms with van der Waals surface area (Å²) in [7, 11) is 0. The van der Waals surface area contributed by atoms with Gasteiger partial charge >= 0.3 is 0 Å². The Balaban J connectivity index is 3.53. The number of benzene rings is 1. The zero-order valence-corrected chi connectivity index (χ0v) is 6.11.